The van der Waals surface area contributed by atoms with Crippen LogP contribution in [0.4, 0.5) is 0 Å². The monoisotopic (exact) mass is 296 g/mol. The summed E-state index contributed by atoms with van der Waals surface area (Å²) in [5.41, 5.74) is 0.711. The number of hydrogen-bond donors (Lipinski definition) is 1. The molecule has 0 radical (unpaired) electrons. The second kappa shape index (κ2) is 6.50. The third-order valence-electron chi connectivity index (χ3n) is 2.40. The Morgan fingerprint density at radius 3 is 2.65 bits per heavy atom. The molecule has 0 saturated heterocycles. The molecule has 0 aliphatic rings. The zero-order chi connectivity index (χ0) is 15.3. The number of carbonyl (C=O) groups is 1. The molecule has 1 aromatic rings. The number of nitriles is 1. The molecule has 0 aliphatic heterocycles. The summed E-state index contributed by atoms with van der Waals surface area (Å²) in [6.45, 7) is 4.69. The number of benzene rings is 1. The van der Waals surface area contributed by atoms with Gasteiger partial charge in [-0.3, -0.25) is 0 Å². The van der Waals surface area contributed by atoms with Crippen molar-refractivity contribution in [1.82, 2.24) is 4.72 Å². The molecule has 0 saturated carbocycles. The summed E-state index contributed by atoms with van der Waals surface area (Å²) in [5, 5.41) is 8.38. The number of carbonyl (C=O) groups excluding carboxylic acids is 1. The number of ether oxygens (including phenoxy) is 1. The second-order valence-electron chi connectivity index (χ2n) is 4.49. The Morgan fingerprint density at radius 2 is 2.10 bits per heavy atom. The molecule has 1 rings (SSSR count). The van der Waals surface area contributed by atoms with Crippen molar-refractivity contribution >= 4 is 16.0 Å². The van der Waals surface area contributed by atoms with Crippen LogP contribution in [0.5, 0.6) is 0 Å². The fourth-order valence-electron chi connectivity index (χ4n) is 1.54. The number of nitrogens with zero attached hydrogens (tertiary/aromatic N) is 1. The Labute approximate surface area is 118 Å². The summed E-state index contributed by atoms with van der Waals surface area (Å²) >= 11 is 0. The van der Waals surface area contributed by atoms with E-state index in [-0.39, 0.29) is 23.1 Å². The van der Waals surface area contributed by atoms with Crippen LogP contribution in [0.3, 0.4) is 0 Å². The van der Waals surface area contributed by atoms with Crippen LogP contribution in [0.25, 0.3) is 0 Å². The Bertz CT molecular complexity index is 645. The van der Waals surface area contributed by atoms with Gasteiger partial charge in [0.2, 0.25) is 10.0 Å². The molecule has 1 aromatic carbocycles. The number of nitrogens with one attached hydrogen (secondary N) is 1. The van der Waals surface area contributed by atoms with Crippen molar-refractivity contribution in [2.75, 3.05) is 6.61 Å². The number of esters is 1. The van der Waals surface area contributed by atoms with Crippen LogP contribution in [0.15, 0.2) is 23.1 Å². The normalized spacial score (nSPS) is 11.2. The maximum absolute atomic E-state index is 12.0. The van der Waals surface area contributed by atoms with Crippen LogP contribution >= 0.6 is 0 Å². The molecule has 0 aromatic heterocycles. The van der Waals surface area contributed by atoms with Crippen LogP contribution in [-0.4, -0.2) is 27.0 Å². The molecule has 0 heterocycles. The molecule has 0 spiro atoms. The van der Waals surface area contributed by atoms with Crippen molar-refractivity contribution in [3.63, 3.8) is 0 Å². The van der Waals surface area contributed by atoms with Crippen molar-refractivity contribution in [2.24, 2.45) is 0 Å². The number of hydrogen-bond acceptors (Lipinski definition) is 5. The summed E-state index contributed by atoms with van der Waals surface area (Å²) in [6.07, 6.45) is 0. The van der Waals surface area contributed by atoms with Gasteiger partial charge in [0, 0.05) is 6.04 Å². The maximum Gasteiger partial charge on any atom is 0.339 e. The number of sulfonamides is 1. The topological polar surface area (TPSA) is 96.3 Å². The molecule has 7 heteroatoms. The lowest BCUT2D eigenvalue weighted by Gasteiger charge is -2.11. The minimum Gasteiger partial charge on any atom is -0.447 e. The fraction of sp³-hybridized carbons (Fsp3) is 0.385. The van der Waals surface area contributed by atoms with Gasteiger partial charge in [-0.25, -0.2) is 17.9 Å². The molecule has 0 aliphatic carbocycles. The van der Waals surface area contributed by atoms with E-state index in [1.54, 1.807) is 26.8 Å². The van der Waals surface area contributed by atoms with Crippen LogP contribution in [-0.2, 0) is 14.8 Å². The van der Waals surface area contributed by atoms with E-state index in [2.05, 4.69) is 4.72 Å². The highest BCUT2D eigenvalue weighted by Crippen LogP contribution is 2.17. The summed E-state index contributed by atoms with van der Waals surface area (Å²) in [4.78, 5) is 11.7. The second-order valence-corrected chi connectivity index (χ2v) is 6.20. The Kier molecular flexibility index (Phi) is 5.25. The SMILES string of the molecule is Cc1ccc(S(=O)(=O)NC(C)C)cc1C(=O)OCC#N. The van der Waals surface area contributed by atoms with Crippen LogP contribution in [0.1, 0.15) is 29.8 Å². The van der Waals surface area contributed by atoms with Crippen molar-refractivity contribution in [3.8, 4) is 6.07 Å². The lowest BCUT2D eigenvalue weighted by atomic mass is 10.1. The highest BCUT2D eigenvalue weighted by Gasteiger charge is 2.19. The first kappa shape index (κ1) is 16.1. The van der Waals surface area contributed by atoms with Crippen molar-refractivity contribution in [3.05, 3.63) is 29.3 Å². The predicted octanol–water partition coefficient (Wildman–Crippen LogP) is 1.36. The van der Waals surface area contributed by atoms with E-state index < -0.39 is 16.0 Å². The van der Waals surface area contributed by atoms with E-state index in [0.717, 1.165) is 0 Å². The quantitative estimate of drug-likeness (QED) is 0.828. The van der Waals surface area contributed by atoms with Crippen molar-refractivity contribution in [2.45, 2.75) is 31.7 Å². The zero-order valence-corrected chi connectivity index (χ0v) is 12.3. The largest absolute Gasteiger partial charge is 0.447 e. The molecule has 0 amide bonds. The number of rotatable bonds is 5. The highest BCUT2D eigenvalue weighted by molar-refractivity contribution is 7.89. The van der Waals surface area contributed by atoms with E-state index >= 15 is 0 Å². The molecule has 0 unspecified atom stereocenters. The summed E-state index contributed by atoms with van der Waals surface area (Å²) in [7, 11) is -3.68. The van der Waals surface area contributed by atoms with Gasteiger partial charge < -0.3 is 4.74 Å². The van der Waals surface area contributed by atoms with Gasteiger partial charge in [0.1, 0.15) is 6.07 Å². The van der Waals surface area contributed by atoms with Gasteiger partial charge >= 0.3 is 5.97 Å². The zero-order valence-electron chi connectivity index (χ0n) is 11.5. The third-order valence-corrected chi connectivity index (χ3v) is 4.05. The minimum absolute atomic E-state index is 0.0132. The van der Waals surface area contributed by atoms with Gasteiger partial charge in [0.15, 0.2) is 6.61 Å². The highest BCUT2D eigenvalue weighted by atomic mass is 32.2. The summed E-state index contributed by atoms with van der Waals surface area (Å²) in [6, 6.07) is 5.62. The van der Waals surface area contributed by atoms with E-state index in [0.29, 0.717) is 5.56 Å². The first-order valence-corrected chi connectivity index (χ1v) is 7.43. The Hall–Kier alpha value is -1.91. The summed E-state index contributed by atoms with van der Waals surface area (Å²) in [5.74, 6) is -0.717. The van der Waals surface area contributed by atoms with E-state index in [9.17, 15) is 13.2 Å². The maximum atomic E-state index is 12.0. The molecular weight excluding hydrogens is 280 g/mol. The average molecular weight is 296 g/mol. The Balaban J connectivity index is 3.15. The van der Waals surface area contributed by atoms with E-state index in [1.165, 1.54) is 18.2 Å². The van der Waals surface area contributed by atoms with Crippen LogP contribution < -0.4 is 4.72 Å². The van der Waals surface area contributed by atoms with Gasteiger partial charge in [-0.1, -0.05) is 6.07 Å². The van der Waals surface area contributed by atoms with E-state index in [1.807, 2.05) is 0 Å². The number of aryl methyl sites for hydroxylation is 1. The lowest BCUT2D eigenvalue weighted by molar-refractivity contribution is 0.0554. The third kappa shape index (κ3) is 4.05. The Morgan fingerprint density at radius 1 is 1.45 bits per heavy atom. The van der Waals surface area contributed by atoms with Crippen LogP contribution in [0.2, 0.25) is 0 Å². The molecule has 6 nitrogen and oxygen atoms in total. The molecule has 0 fully saturated rings. The first-order valence-electron chi connectivity index (χ1n) is 5.95. The van der Waals surface area contributed by atoms with Crippen LogP contribution in [0, 0.1) is 18.3 Å². The first-order chi connectivity index (χ1) is 9.27. The smallest absolute Gasteiger partial charge is 0.339 e. The van der Waals surface area contributed by atoms with Gasteiger partial charge in [-0.15, -0.1) is 0 Å². The average Bonchev–Trinajstić information content (AvgIpc) is 2.34. The summed E-state index contributed by atoms with van der Waals surface area (Å²) < 4.78 is 31.2. The van der Waals surface area contributed by atoms with Crippen molar-refractivity contribution in [1.29, 1.82) is 5.26 Å². The molecule has 0 atom stereocenters. The molecule has 1 N–H and O–H groups in total. The van der Waals surface area contributed by atoms with E-state index in [4.69, 9.17) is 10.00 Å². The van der Waals surface area contributed by atoms with Gasteiger partial charge in [-0.05, 0) is 38.5 Å². The molecule has 108 valence electrons. The lowest BCUT2D eigenvalue weighted by Crippen LogP contribution is -2.30. The van der Waals surface area contributed by atoms with Gasteiger partial charge in [0.25, 0.3) is 0 Å². The molecule has 20 heavy (non-hydrogen) atoms. The van der Waals surface area contributed by atoms with Crippen molar-refractivity contribution < 1.29 is 17.9 Å². The minimum atomic E-state index is -3.68. The molecule has 0 bridgehead atoms. The van der Waals surface area contributed by atoms with Gasteiger partial charge in [-0.2, -0.15) is 5.26 Å². The van der Waals surface area contributed by atoms with Gasteiger partial charge in [0.05, 0.1) is 10.5 Å². The predicted molar refractivity (Wildman–Crippen MR) is 72.5 cm³/mol. The fourth-order valence-corrected chi connectivity index (χ4v) is 2.82. The standard InChI is InChI=1S/C13H16N2O4S/c1-9(2)15-20(17,18)11-5-4-10(3)12(8-11)13(16)19-7-6-14/h4-5,8-9,15H,7H2,1-3H3. The molecular formula is C13H16N2O4S.